The van der Waals surface area contributed by atoms with Crippen LogP contribution < -0.4 is 11.1 Å². The Kier molecular flexibility index (Phi) is 3.96. The number of ether oxygens (including phenoxy) is 1. The van der Waals surface area contributed by atoms with Crippen LogP contribution in [-0.4, -0.2) is 35.3 Å². The van der Waals surface area contributed by atoms with E-state index in [4.69, 9.17) is 15.6 Å². The van der Waals surface area contributed by atoms with Crippen LogP contribution in [-0.2, 0) is 10.3 Å². The molecule has 118 valence electrons. The molecule has 8 heteroatoms. The number of carbonyl (C=O) groups is 1. The molecule has 1 fully saturated rings. The number of nitrogens with zero attached hydrogens (tertiary/aromatic N) is 1. The van der Waals surface area contributed by atoms with Gasteiger partial charge in [0, 0.05) is 24.7 Å². The van der Waals surface area contributed by atoms with Gasteiger partial charge in [0.15, 0.2) is 5.17 Å². The van der Waals surface area contributed by atoms with E-state index in [1.54, 1.807) is 12.1 Å². The highest BCUT2D eigenvalue weighted by Crippen LogP contribution is 2.45. The number of carboxylic acid groups (broad SMARTS) is 1. The van der Waals surface area contributed by atoms with Gasteiger partial charge in [-0.3, -0.25) is 10.3 Å². The molecule has 0 aromatic heterocycles. The minimum absolute atomic E-state index is 0.0679. The molecule has 0 bridgehead atoms. The fourth-order valence-electron chi connectivity index (χ4n) is 2.93. The van der Waals surface area contributed by atoms with Crippen molar-refractivity contribution >= 4 is 28.7 Å². The molecule has 0 radical (unpaired) electrons. The van der Waals surface area contributed by atoms with Gasteiger partial charge in [-0.25, -0.2) is 9.18 Å². The van der Waals surface area contributed by atoms with Crippen molar-refractivity contribution in [2.45, 2.75) is 12.0 Å². The second kappa shape index (κ2) is 5.77. The maximum absolute atomic E-state index is 13.5. The number of amides is 1. The van der Waals surface area contributed by atoms with Crippen molar-refractivity contribution in [1.82, 2.24) is 5.32 Å². The number of hydrogen-bond donors (Lipinski definition) is 3. The Hall–Kier alpha value is -1.80. The average Bonchev–Trinajstić information content (AvgIpc) is 2.49. The third-order valence-corrected chi connectivity index (χ3v) is 5.09. The lowest BCUT2D eigenvalue weighted by atomic mass is 9.75. The van der Waals surface area contributed by atoms with Gasteiger partial charge in [0.25, 0.3) is 0 Å². The number of nitrogen functional groups attached to an aromatic ring is 1. The summed E-state index contributed by atoms with van der Waals surface area (Å²) in [5, 5.41) is 11.6. The van der Waals surface area contributed by atoms with Gasteiger partial charge in [-0.05, 0) is 17.7 Å². The summed E-state index contributed by atoms with van der Waals surface area (Å²) in [4.78, 5) is 15.5. The van der Waals surface area contributed by atoms with E-state index < -0.39 is 17.4 Å². The van der Waals surface area contributed by atoms with Crippen LogP contribution >= 0.6 is 11.8 Å². The van der Waals surface area contributed by atoms with E-state index in [9.17, 15) is 9.18 Å². The molecular formula is C14H16FN3O3S. The smallest absolute Gasteiger partial charge is 0.410 e. The highest BCUT2D eigenvalue weighted by atomic mass is 32.2. The number of amidine groups is 1. The van der Waals surface area contributed by atoms with Crippen LogP contribution in [0.25, 0.3) is 0 Å². The van der Waals surface area contributed by atoms with Crippen molar-refractivity contribution in [3.8, 4) is 0 Å². The molecule has 1 saturated heterocycles. The lowest BCUT2D eigenvalue weighted by Gasteiger charge is -2.44. The standard InChI is InChI=1S/C14H16FN3O3S/c15-10-2-1-8(5-11(10)16)14-3-4-21-6-9(14)7-22-12(18-14)17-13(19)20/h1-2,5,9H,3-4,6-7,16H2,(H,17,18)(H,19,20)/t9?,14-/m1/s1. The number of thioether (sulfide) groups is 1. The van der Waals surface area contributed by atoms with Gasteiger partial charge in [0.1, 0.15) is 5.82 Å². The zero-order valence-corrected chi connectivity index (χ0v) is 12.5. The Morgan fingerprint density at radius 3 is 3.14 bits per heavy atom. The van der Waals surface area contributed by atoms with Crippen molar-refractivity contribution in [2.75, 3.05) is 24.7 Å². The second-order valence-corrected chi connectivity index (χ2v) is 6.35. The molecule has 2 heterocycles. The van der Waals surface area contributed by atoms with E-state index in [1.807, 2.05) is 0 Å². The van der Waals surface area contributed by atoms with Gasteiger partial charge in [0.05, 0.1) is 17.8 Å². The summed E-state index contributed by atoms with van der Waals surface area (Å²) in [5.41, 5.74) is 5.93. The Morgan fingerprint density at radius 2 is 2.41 bits per heavy atom. The van der Waals surface area contributed by atoms with Gasteiger partial charge >= 0.3 is 6.09 Å². The molecule has 0 spiro atoms. The van der Waals surface area contributed by atoms with Crippen LogP contribution in [0, 0.1) is 11.7 Å². The molecule has 1 unspecified atom stereocenters. The maximum Gasteiger partial charge on any atom is 0.410 e. The van der Waals surface area contributed by atoms with Gasteiger partial charge in [-0.2, -0.15) is 0 Å². The Morgan fingerprint density at radius 1 is 1.59 bits per heavy atom. The fourth-order valence-corrected chi connectivity index (χ4v) is 4.05. The van der Waals surface area contributed by atoms with Crippen LogP contribution in [0.3, 0.4) is 0 Å². The minimum atomic E-state index is -1.15. The van der Waals surface area contributed by atoms with Crippen molar-refractivity contribution < 1.29 is 19.0 Å². The molecule has 4 N–H and O–H groups in total. The Labute approximate surface area is 130 Å². The predicted octanol–water partition coefficient (Wildman–Crippen LogP) is 2.01. The molecule has 1 aromatic rings. The molecule has 1 amide bonds. The van der Waals surface area contributed by atoms with Crippen molar-refractivity contribution in [2.24, 2.45) is 10.9 Å². The molecule has 1 aromatic carbocycles. The van der Waals surface area contributed by atoms with Crippen molar-refractivity contribution in [1.29, 1.82) is 0 Å². The van der Waals surface area contributed by atoms with Crippen LogP contribution in [0.5, 0.6) is 0 Å². The second-order valence-electron chi connectivity index (χ2n) is 5.34. The summed E-state index contributed by atoms with van der Waals surface area (Å²) >= 11 is 1.35. The van der Waals surface area contributed by atoms with Crippen LogP contribution in [0.1, 0.15) is 12.0 Å². The molecule has 6 nitrogen and oxygen atoms in total. The number of fused-ring (bicyclic) bond motifs is 1. The molecule has 2 atom stereocenters. The number of nitrogens with one attached hydrogen (secondary N) is 1. The van der Waals surface area contributed by atoms with Crippen LogP contribution in [0.15, 0.2) is 23.2 Å². The summed E-state index contributed by atoms with van der Waals surface area (Å²) < 4.78 is 19.0. The first kappa shape index (κ1) is 15.1. The van der Waals surface area contributed by atoms with Gasteiger partial charge in [-0.1, -0.05) is 17.8 Å². The monoisotopic (exact) mass is 325 g/mol. The number of anilines is 1. The Bertz CT molecular complexity index is 640. The third-order valence-electron chi connectivity index (χ3n) is 4.05. The highest BCUT2D eigenvalue weighted by Gasteiger charge is 2.46. The third kappa shape index (κ3) is 2.64. The van der Waals surface area contributed by atoms with E-state index >= 15 is 0 Å². The Balaban J connectivity index is 2.06. The predicted molar refractivity (Wildman–Crippen MR) is 82.5 cm³/mol. The molecule has 2 aliphatic heterocycles. The first-order valence-electron chi connectivity index (χ1n) is 6.87. The van der Waals surface area contributed by atoms with Crippen LogP contribution in [0.2, 0.25) is 0 Å². The van der Waals surface area contributed by atoms with Gasteiger partial charge in [0.2, 0.25) is 0 Å². The van der Waals surface area contributed by atoms with E-state index in [0.29, 0.717) is 30.6 Å². The van der Waals surface area contributed by atoms with E-state index in [0.717, 1.165) is 5.56 Å². The zero-order chi connectivity index (χ0) is 15.7. The molecule has 3 rings (SSSR count). The lowest BCUT2D eigenvalue weighted by Crippen LogP contribution is -2.47. The SMILES string of the molecule is Nc1cc([C@]23CCOCC2CSC(NC(=O)O)=N3)ccc1F. The van der Waals surface area contributed by atoms with E-state index in [1.165, 1.54) is 17.8 Å². The van der Waals surface area contributed by atoms with Gasteiger partial charge < -0.3 is 15.6 Å². The van der Waals surface area contributed by atoms with E-state index in [2.05, 4.69) is 10.3 Å². The molecule has 0 saturated carbocycles. The van der Waals surface area contributed by atoms with Crippen molar-refractivity contribution in [3.05, 3.63) is 29.6 Å². The molecule has 22 heavy (non-hydrogen) atoms. The number of benzene rings is 1. The largest absolute Gasteiger partial charge is 0.465 e. The number of nitrogens with two attached hydrogens (primary N) is 1. The summed E-state index contributed by atoms with van der Waals surface area (Å²) in [5.74, 6) is 0.299. The lowest BCUT2D eigenvalue weighted by molar-refractivity contribution is 0.0100. The molecule has 0 aliphatic carbocycles. The van der Waals surface area contributed by atoms with Crippen LogP contribution in [0.4, 0.5) is 14.9 Å². The maximum atomic E-state index is 13.5. The molecule has 2 aliphatic rings. The minimum Gasteiger partial charge on any atom is -0.465 e. The summed E-state index contributed by atoms with van der Waals surface area (Å²) in [6.07, 6.45) is -0.542. The fraction of sp³-hybridized carbons (Fsp3) is 0.429. The normalized spacial score (nSPS) is 27.7. The number of rotatable bonds is 1. The first-order chi connectivity index (χ1) is 10.5. The summed E-state index contributed by atoms with van der Waals surface area (Å²) in [6, 6.07) is 4.58. The average molecular weight is 325 g/mol. The number of halogens is 1. The van der Waals surface area contributed by atoms with E-state index in [-0.39, 0.29) is 11.6 Å². The zero-order valence-electron chi connectivity index (χ0n) is 11.7. The van der Waals surface area contributed by atoms with Crippen molar-refractivity contribution in [3.63, 3.8) is 0 Å². The molecular weight excluding hydrogens is 309 g/mol. The summed E-state index contributed by atoms with van der Waals surface area (Å²) in [7, 11) is 0. The summed E-state index contributed by atoms with van der Waals surface area (Å²) in [6.45, 7) is 1.05. The topological polar surface area (TPSA) is 96.9 Å². The number of hydrogen-bond acceptors (Lipinski definition) is 5. The first-order valence-corrected chi connectivity index (χ1v) is 7.86. The highest BCUT2D eigenvalue weighted by molar-refractivity contribution is 8.13. The quantitative estimate of drug-likeness (QED) is 0.686. The van der Waals surface area contributed by atoms with Gasteiger partial charge in [-0.15, -0.1) is 0 Å². The number of aliphatic imine (C=N–C) groups is 1.